The molecule has 1 N–H and O–H groups in total. The first kappa shape index (κ1) is 11.8. The summed E-state index contributed by atoms with van der Waals surface area (Å²) in [7, 11) is 1.91. The summed E-state index contributed by atoms with van der Waals surface area (Å²) < 4.78 is 2.13. The molecule has 0 radical (unpaired) electrons. The van der Waals surface area contributed by atoms with E-state index < -0.39 is 0 Å². The summed E-state index contributed by atoms with van der Waals surface area (Å²) in [6, 6.07) is 6.31. The Bertz CT molecular complexity index is 355. The van der Waals surface area contributed by atoms with Gasteiger partial charge in [0.25, 0.3) is 0 Å². The molecular formula is C11H11Br2N. The van der Waals surface area contributed by atoms with Gasteiger partial charge in [0, 0.05) is 21.4 Å². The molecule has 0 aliphatic heterocycles. The highest BCUT2D eigenvalue weighted by Gasteiger charge is 2.10. The van der Waals surface area contributed by atoms with Crippen LogP contribution in [0.15, 0.2) is 27.1 Å². The van der Waals surface area contributed by atoms with Crippen molar-refractivity contribution in [3.8, 4) is 12.3 Å². The number of hydrogen-bond donors (Lipinski definition) is 1. The van der Waals surface area contributed by atoms with Crippen LogP contribution in [-0.2, 0) is 0 Å². The van der Waals surface area contributed by atoms with Crippen molar-refractivity contribution in [2.45, 2.75) is 12.5 Å². The van der Waals surface area contributed by atoms with Crippen molar-refractivity contribution < 1.29 is 0 Å². The van der Waals surface area contributed by atoms with Gasteiger partial charge in [0.15, 0.2) is 0 Å². The second-order valence-corrected chi connectivity index (χ2v) is 4.69. The minimum Gasteiger partial charge on any atom is -0.312 e. The molecule has 0 aliphatic carbocycles. The highest BCUT2D eigenvalue weighted by Crippen LogP contribution is 2.28. The lowest BCUT2D eigenvalue weighted by atomic mass is 10.0. The van der Waals surface area contributed by atoms with Gasteiger partial charge in [0.05, 0.1) is 0 Å². The zero-order valence-electron chi connectivity index (χ0n) is 7.85. The van der Waals surface area contributed by atoms with Crippen LogP contribution >= 0.6 is 31.9 Å². The van der Waals surface area contributed by atoms with E-state index in [2.05, 4.69) is 49.2 Å². The summed E-state index contributed by atoms with van der Waals surface area (Å²) in [5.74, 6) is 2.66. The standard InChI is InChI=1S/C11H11Br2N/c1-3-4-11(14-2)9-6-5-8(12)7-10(9)13/h1,5-7,11,14H,4H2,2H3. The van der Waals surface area contributed by atoms with Crippen LogP contribution in [0.4, 0.5) is 0 Å². The lowest BCUT2D eigenvalue weighted by Gasteiger charge is -2.15. The third-order valence-electron chi connectivity index (χ3n) is 2.01. The summed E-state index contributed by atoms with van der Waals surface area (Å²) in [6.45, 7) is 0. The van der Waals surface area contributed by atoms with Crippen molar-refractivity contribution in [1.29, 1.82) is 0 Å². The number of benzene rings is 1. The van der Waals surface area contributed by atoms with Crippen LogP contribution in [0.2, 0.25) is 0 Å². The van der Waals surface area contributed by atoms with E-state index >= 15 is 0 Å². The number of halogens is 2. The topological polar surface area (TPSA) is 12.0 Å². The highest BCUT2D eigenvalue weighted by molar-refractivity contribution is 9.11. The van der Waals surface area contributed by atoms with Gasteiger partial charge in [-0.3, -0.25) is 0 Å². The minimum atomic E-state index is 0.211. The molecule has 0 saturated carbocycles. The number of nitrogens with one attached hydrogen (secondary N) is 1. The maximum Gasteiger partial charge on any atom is 0.0439 e. The maximum absolute atomic E-state index is 5.31. The molecule has 0 heterocycles. The Morgan fingerprint density at radius 3 is 2.71 bits per heavy atom. The van der Waals surface area contributed by atoms with Gasteiger partial charge in [-0.15, -0.1) is 12.3 Å². The van der Waals surface area contributed by atoms with Crippen molar-refractivity contribution >= 4 is 31.9 Å². The van der Waals surface area contributed by atoms with Crippen LogP contribution in [0.5, 0.6) is 0 Å². The fourth-order valence-electron chi connectivity index (χ4n) is 1.27. The molecule has 1 atom stereocenters. The van der Waals surface area contributed by atoms with Gasteiger partial charge in [-0.05, 0) is 24.7 Å². The number of terminal acetylenes is 1. The third-order valence-corrected chi connectivity index (χ3v) is 3.19. The molecule has 14 heavy (non-hydrogen) atoms. The van der Waals surface area contributed by atoms with Crippen molar-refractivity contribution in [2.75, 3.05) is 7.05 Å². The van der Waals surface area contributed by atoms with E-state index in [1.54, 1.807) is 0 Å². The SMILES string of the molecule is C#CCC(NC)c1ccc(Br)cc1Br. The fraction of sp³-hybridized carbons (Fsp3) is 0.273. The Labute approximate surface area is 102 Å². The van der Waals surface area contributed by atoms with Crippen molar-refractivity contribution in [2.24, 2.45) is 0 Å². The Morgan fingerprint density at radius 1 is 1.50 bits per heavy atom. The van der Waals surface area contributed by atoms with Gasteiger partial charge in [-0.1, -0.05) is 37.9 Å². The quantitative estimate of drug-likeness (QED) is 0.842. The monoisotopic (exact) mass is 315 g/mol. The molecule has 1 aromatic carbocycles. The molecular weight excluding hydrogens is 306 g/mol. The normalized spacial score (nSPS) is 12.1. The van der Waals surface area contributed by atoms with Crippen LogP contribution in [0, 0.1) is 12.3 Å². The molecule has 0 saturated heterocycles. The molecule has 1 aromatic rings. The van der Waals surface area contributed by atoms with E-state index in [-0.39, 0.29) is 6.04 Å². The first-order valence-electron chi connectivity index (χ1n) is 4.24. The molecule has 3 heteroatoms. The Kier molecular flexibility index (Phi) is 4.67. The van der Waals surface area contributed by atoms with Crippen molar-refractivity contribution in [1.82, 2.24) is 5.32 Å². The largest absolute Gasteiger partial charge is 0.312 e. The van der Waals surface area contributed by atoms with Crippen LogP contribution in [0.1, 0.15) is 18.0 Å². The second kappa shape index (κ2) is 5.55. The van der Waals surface area contributed by atoms with Crippen LogP contribution in [0.3, 0.4) is 0 Å². The first-order chi connectivity index (χ1) is 6.69. The van der Waals surface area contributed by atoms with E-state index in [4.69, 9.17) is 6.42 Å². The molecule has 0 spiro atoms. The Balaban J connectivity index is 2.99. The Morgan fingerprint density at radius 2 is 2.21 bits per heavy atom. The van der Waals surface area contributed by atoms with E-state index in [0.29, 0.717) is 6.42 Å². The molecule has 0 bridgehead atoms. The van der Waals surface area contributed by atoms with Gasteiger partial charge < -0.3 is 5.32 Å². The molecule has 0 aromatic heterocycles. The lowest BCUT2D eigenvalue weighted by Crippen LogP contribution is -2.16. The molecule has 0 fully saturated rings. The molecule has 1 nitrogen and oxygen atoms in total. The summed E-state index contributed by atoms with van der Waals surface area (Å²) in [4.78, 5) is 0. The fourth-order valence-corrected chi connectivity index (χ4v) is 2.59. The van der Waals surface area contributed by atoms with E-state index in [0.717, 1.165) is 8.95 Å². The molecule has 0 aliphatic rings. The highest BCUT2D eigenvalue weighted by atomic mass is 79.9. The lowest BCUT2D eigenvalue weighted by molar-refractivity contribution is 0.609. The molecule has 1 unspecified atom stereocenters. The average molecular weight is 317 g/mol. The second-order valence-electron chi connectivity index (χ2n) is 2.92. The van der Waals surface area contributed by atoms with Gasteiger partial charge in [-0.2, -0.15) is 0 Å². The van der Waals surface area contributed by atoms with E-state index in [9.17, 15) is 0 Å². The molecule has 0 amide bonds. The smallest absolute Gasteiger partial charge is 0.0439 e. The first-order valence-corrected chi connectivity index (χ1v) is 5.83. The van der Waals surface area contributed by atoms with Crippen LogP contribution in [0.25, 0.3) is 0 Å². The summed E-state index contributed by atoms with van der Waals surface area (Å²) in [5, 5.41) is 3.19. The zero-order chi connectivity index (χ0) is 10.6. The molecule has 74 valence electrons. The van der Waals surface area contributed by atoms with E-state index in [1.807, 2.05) is 19.2 Å². The van der Waals surface area contributed by atoms with Crippen LogP contribution in [-0.4, -0.2) is 7.05 Å². The van der Waals surface area contributed by atoms with Crippen molar-refractivity contribution in [3.63, 3.8) is 0 Å². The van der Waals surface area contributed by atoms with Gasteiger partial charge in [0.2, 0.25) is 0 Å². The Hall–Kier alpha value is -0.300. The number of rotatable bonds is 3. The van der Waals surface area contributed by atoms with E-state index in [1.165, 1.54) is 5.56 Å². The molecule has 1 rings (SSSR count). The van der Waals surface area contributed by atoms with Crippen molar-refractivity contribution in [3.05, 3.63) is 32.7 Å². The van der Waals surface area contributed by atoms with Gasteiger partial charge in [0.1, 0.15) is 0 Å². The average Bonchev–Trinajstić information content (AvgIpc) is 2.15. The zero-order valence-corrected chi connectivity index (χ0v) is 11.0. The summed E-state index contributed by atoms with van der Waals surface area (Å²) in [5.41, 5.74) is 1.19. The van der Waals surface area contributed by atoms with Gasteiger partial charge >= 0.3 is 0 Å². The maximum atomic E-state index is 5.31. The number of hydrogen-bond acceptors (Lipinski definition) is 1. The van der Waals surface area contributed by atoms with Gasteiger partial charge in [-0.25, -0.2) is 0 Å². The predicted molar refractivity (Wildman–Crippen MR) is 67.1 cm³/mol. The van der Waals surface area contributed by atoms with Crippen LogP contribution < -0.4 is 5.32 Å². The third kappa shape index (κ3) is 2.84. The summed E-state index contributed by atoms with van der Waals surface area (Å²) in [6.07, 6.45) is 6.00. The predicted octanol–water partition coefficient (Wildman–Crippen LogP) is 3.50. The minimum absolute atomic E-state index is 0.211. The summed E-state index contributed by atoms with van der Waals surface area (Å²) >= 11 is 6.94.